The summed E-state index contributed by atoms with van der Waals surface area (Å²) in [7, 11) is 0. The first-order valence-corrected chi connectivity index (χ1v) is 11.7. The number of hydrogen-bond donors (Lipinski definition) is 0. The Morgan fingerprint density at radius 2 is 1.74 bits per heavy atom. The summed E-state index contributed by atoms with van der Waals surface area (Å²) >= 11 is 6.47. The Morgan fingerprint density at radius 1 is 1.06 bits per heavy atom. The molecule has 0 aliphatic carbocycles. The lowest BCUT2D eigenvalue weighted by molar-refractivity contribution is -0.148. The fourth-order valence-electron chi connectivity index (χ4n) is 3.91. The van der Waals surface area contributed by atoms with Crippen LogP contribution >= 0.6 is 11.6 Å². The number of esters is 1. The van der Waals surface area contributed by atoms with E-state index in [1.807, 2.05) is 37.3 Å². The molecule has 7 nitrogen and oxygen atoms in total. The summed E-state index contributed by atoms with van der Waals surface area (Å²) in [6, 6.07) is 16.1. The Labute approximate surface area is 208 Å². The molecule has 1 fully saturated rings. The third-order valence-electron chi connectivity index (χ3n) is 5.83. The van der Waals surface area contributed by atoms with Crippen LogP contribution in [0.5, 0.6) is 0 Å². The van der Waals surface area contributed by atoms with Gasteiger partial charge in [-0.1, -0.05) is 41.9 Å². The molecule has 1 amide bonds. The van der Waals surface area contributed by atoms with E-state index in [9.17, 15) is 14.0 Å². The number of rotatable bonds is 7. The molecule has 182 valence electrons. The number of anilines is 1. The summed E-state index contributed by atoms with van der Waals surface area (Å²) in [5, 5.41) is 4.87. The molecule has 4 rings (SSSR count). The van der Waals surface area contributed by atoms with Crippen LogP contribution in [0, 0.1) is 12.7 Å². The van der Waals surface area contributed by atoms with E-state index in [0.717, 1.165) is 11.3 Å². The van der Waals surface area contributed by atoms with Crippen molar-refractivity contribution < 1.29 is 18.7 Å². The van der Waals surface area contributed by atoms with Crippen molar-refractivity contribution in [1.82, 2.24) is 14.7 Å². The van der Waals surface area contributed by atoms with Crippen LogP contribution < -0.4 is 4.90 Å². The highest BCUT2D eigenvalue weighted by Gasteiger charge is 2.22. The number of piperazine rings is 1. The first kappa shape index (κ1) is 24.5. The van der Waals surface area contributed by atoms with Crippen LogP contribution in [0.3, 0.4) is 0 Å². The molecular formula is C26H26ClFN4O3. The second kappa shape index (κ2) is 11.2. The summed E-state index contributed by atoms with van der Waals surface area (Å²) in [4.78, 5) is 28.4. The number of ether oxygens (including phenoxy) is 1. The fraction of sp³-hybridized carbons (Fsp3) is 0.269. The number of hydrogen-bond acceptors (Lipinski definition) is 5. The lowest BCUT2D eigenvalue weighted by Gasteiger charge is -2.36. The SMILES string of the molecule is Cc1nn(Cc2ccccc2)c(Cl)c1/C=C/C(=O)OCC(=O)N1CCN(c2ccc(F)cc2)CC1. The average Bonchev–Trinajstić information content (AvgIpc) is 3.14. The normalized spacial score (nSPS) is 13.9. The molecule has 1 saturated heterocycles. The second-order valence-corrected chi connectivity index (χ2v) is 8.58. The first-order chi connectivity index (χ1) is 16.9. The molecule has 0 radical (unpaired) electrons. The zero-order valence-electron chi connectivity index (χ0n) is 19.4. The molecular weight excluding hydrogens is 471 g/mol. The highest BCUT2D eigenvalue weighted by molar-refractivity contribution is 6.31. The third kappa shape index (κ3) is 6.27. The van der Waals surface area contributed by atoms with Crippen molar-refractivity contribution in [2.45, 2.75) is 13.5 Å². The van der Waals surface area contributed by atoms with Gasteiger partial charge in [0.1, 0.15) is 11.0 Å². The number of benzene rings is 2. The van der Waals surface area contributed by atoms with E-state index in [1.165, 1.54) is 18.2 Å². The molecule has 35 heavy (non-hydrogen) atoms. The van der Waals surface area contributed by atoms with Gasteiger partial charge in [0, 0.05) is 43.5 Å². The summed E-state index contributed by atoms with van der Waals surface area (Å²) in [6.45, 7) is 4.23. The van der Waals surface area contributed by atoms with Crippen LogP contribution in [0.4, 0.5) is 10.1 Å². The van der Waals surface area contributed by atoms with Gasteiger partial charge in [0.2, 0.25) is 0 Å². The Hall–Kier alpha value is -3.65. The van der Waals surface area contributed by atoms with Gasteiger partial charge in [-0.2, -0.15) is 5.10 Å². The fourth-order valence-corrected chi connectivity index (χ4v) is 4.20. The van der Waals surface area contributed by atoms with Crippen LogP contribution in [0.2, 0.25) is 5.15 Å². The molecule has 3 aromatic rings. The largest absolute Gasteiger partial charge is 0.452 e. The second-order valence-electron chi connectivity index (χ2n) is 8.22. The van der Waals surface area contributed by atoms with Gasteiger partial charge >= 0.3 is 5.97 Å². The van der Waals surface area contributed by atoms with E-state index >= 15 is 0 Å². The lowest BCUT2D eigenvalue weighted by atomic mass is 10.2. The maximum atomic E-state index is 13.1. The molecule has 2 heterocycles. The monoisotopic (exact) mass is 496 g/mol. The average molecular weight is 497 g/mol. The van der Waals surface area contributed by atoms with Crippen molar-refractivity contribution in [3.63, 3.8) is 0 Å². The summed E-state index contributed by atoms with van der Waals surface area (Å²) in [6.07, 6.45) is 2.81. The van der Waals surface area contributed by atoms with Crippen molar-refractivity contribution in [2.24, 2.45) is 0 Å². The Kier molecular flexibility index (Phi) is 7.82. The molecule has 0 spiro atoms. The number of aromatic nitrogens is 2. The Balaban J connectivity index is 1.26. The van der Waals surface area contributed by atoms with Gasteiger partial charge in [0.25, 0.3) is 5.91 Å². The zero-order chi connectivity index (χ0) is 24.8. The quantitative estimate of drug-likeness (QED) is 0.366. The van der Waals surface area contributed by atoms with Crippen molar-refractivity contribution >= 4 is 35.2 Å². The first-order valence-electron chi connectivity index (χ1n) is 11.3. The van der Waals surface area contributed by atoms with Crippen LogP contribution in [0.15, 0.2) is 60.7 Å². The molecule has 2 aromatic carbocycles. The molecule has 1 aliphatic rings. The van der Waals surface area contributed by atoms with Gasteiger partial charge in [-0.15, -0.1) is 0 Å². The number of amides is 1. The third-order valence-corrected chi connectivity index (χ3v) is 6.23. The topological polar surface area (TPSA) is 67.7 Å². The molecule has 1 aliphatic heterocycles. The van der Waals surface area contributed by atoms with E-state index in [1.54, 1.807) is 27.8 Å². The Bertz CT molecular complexity index is 1200. The highest BCUT2D eigenvalue weighted by Crippen LogP contribution is 2.22. The summed E-state index contributed by atoms with van der Waals surface area (Å²) in [5.41, 5.74) is 3.29. The van der Waals surface area contributed by atoms with Crippen molar-refractivity contribution in [3.05, 3.63) is 88.5 Å². The molecule has 0 N–H and O–H groups in total. The smallest absolute Gasteiger partial charge is 0.331 e. The van der Waals surface area contributed by atoms with Gasteiger partial charge in [-0.25, -0.2) is 13.9 Å². The number of carbonyl (C=O) groups excluding carboxylic acids is 2. The summed E-state index contributed by atoms with van der Waals surface area (Å²) in [5.74, 6) is -1.16. The molecule has 0 bridgehead atoms. The predicted molar refractivity (Wildman–Crippen MR) is 133 cm³/mol. The van der Waals surface area contributed by atoms with Crippen molar-refractivity contribution in [1.29, 1.82) is 0 Å². The number of aryl methyl sites for hydroxylation is 1. The van der Waals surface area contributed by atoms with E-state index in [2.05, 4.69) is 10.00 Å². The summed E-state index contributed by atoms with van der Waals surface area (Å²) < 4.78 is 19.9. The van der Waals surface area contributed by atoms with Gasteiger partial charge in [0.15, 0.2) is 6.61 Å². The maximum Gasteiger partial charge on any atom is 0.331 e. The molecule has 1 aromatic heterocycles. The lowest BCUT2D eigenvalue weighted by Crippen LogP contribution is -2.49. The Morgan fingerprint density at radius 3 is 2.43 bits per heavy atom. The minimum absolute atomic E-state index is 0.254. The van der Waals surface area contributed by atoms with Gasteiger partial charge in [-0.3, -0.25) is 4.79 Å². The minimum atomic E-state index is -0.630. The minimum Gasteiger partial charge on any atom is -0.452 e. The van der Waals surface area contributed by atoms with Crippen LogP contribution in [0.1, 0.15) is 16.8 Å². The standard InChI is InChI=1S/C26H26ClFN4O3/c1-19-23(26(27)32(29-19)17-20-5-3-2-4-6-20)11-12-25(34)35-18-24(33)31-15-13-30(14-16-31)22-9-7-21(28)8-10-22/h2-12H,13-18H2,1H3/b12-11+. The van der Waals surface area contributed by atoms with Gasteiger partial charge < -0.3 is 14.5 Å². The number of nitrogens with zero attached hydrogens (tertiary/aromatic N) is 4. The van der Waals surface area contributed by atoms with Crippen LogP contribution in [-0.4, -0.2) is 59.3 Å². The predicted octanol–water partition coefficient (Wildman–Crippen LogP) is 3.94. The highest BCUT2D eigenvalue weighted by atomic mass is 35.5. The van der Waals surface area contributed by atoms with E-state index < -0.39 is 5.97 Å². The molecule has 9 heteroatoms. The van der Waals surface area contributed by atoms with Crippen molar-refractivity contribution in [3.8, 4) is 0 Å². The molecule has 0 saturated carbocycles. The van der Waals surface area contributed by atoms with Crippen LogP contribution in [-0.2, 0) is 20.9 Å². The number of carbonyl (C=O) groups is 2. The van der Waals surface area contributed by atoms with E-state index in [4.69, 9.17) is 16.3 Å². The van der Waals surface area contributed by atoms with E-state index in [0.29, 0.717) is 49.1 Å². The van der Waals surface area contributed by atoms with Crippen LogP contribution in [0.25, 0.3) is 6.08 Å². The van der Waals surface area contributed by atoms with Gasteiger partial charge in [-0.05, 0) is 42.8 Å². The van der Waals surface area contributed by atoms with Crippen molar-refractivity contribution in [2.75, 3.05) is 37.7 Å². The maximum absolute atomic E-state index is 13.1. The molecule has 0 unspecified atom stereocenters. The van der Waals surface area contributed by atoms with Gasteiger partial charge in [0.05, 0.1) is 12.2 Å². The molecule has 0 atom stereocenters. The number of halogens is 2. The van der Waals surface area contributed by atoms with E-state index in [-0.39, 0.29) is 18.3 Å². The zero-order valence-corrected chi connectivity index (χ0v) is 20.1.